The number of hydrogen-bond acceptors (Lipinski definition) is 4. The number of nitrogens with zero attached hydrogens (tertiary/aromatic N) is 2. The molecule has 1 aliphatic heterocycles. The Bertz CT molecular complexity index is 1030. The minimum atomic E-state index is -0.0573. The number of hydrogen-bond donors (Lipinski definition) is 1. The summed E-state index contributed by atoms with van der Waals surface area (Å²) in [5, 5.41) is 6.08. The maximum Gasteiger partial charge on any atom is 0.238 e. The summed E-state index contributed by atoms with van der Waals surface area (Å²) in [6, 6.07) is 20.2. The Labute approximate surface area is 182 Å². The Morgan fingerprint density at radius 3 is 2.53 bits per heavy atom. The van der Waals surface area contributed by atoms with Crippen LogP contribution in [0.25, 0.3) is 10.8 Å². The van der Waals surface area contributed by atoms with Crippen molar-refractivity contribution in [3.8, 4) is 5.75 Å². The number of benzene rings is 3. The first-order chi connectivity index (χ1) is 14.6. The zero-order chi connectivity index (χ0) is 20.9. The second-order valence-electron chi connectivity index (χ2n) is 7.58. The number of amides is 1. The van der Waals surface area contributed by atoms with Gasteiger partial charge in [-0.2, -0.15) is 0 Å². The minimum Gasteiger partial charge on any atom is -0.495 e. The number of fused-ring (bicyclic) bond motifs is 1. The van der Waals surface area contributed by atoms with Crippen molar-refractivity contribution in [3.05, 3.63) is 71.2 Å². The normalized spacial score (nSPS) is 15.3. The average molecular weight is 424 g/mol. The van der Waals surface area contributed by atoms with Crippen molar-refractivity contribution in [3.63, 3.8) is 0 Å². The Balaban J connectivity index is 1.30. The van der Waals surface area contributed by atoms with Gasteiger partial charge in [-0.3, -0.25) is 14.6 Å². The van der Waals surface area contributed by atoms with Gasteiger partial charge in [0.1, 0.15) is 5.75 Å². The predicted molar refractivity (Wildman–Crippen MR) is 122 cm³/mol. The van der Waals surface area contributed by atoms with Gasteiger partial charge in [0, 0.05) is 37.7 Å². The van der Waals surface area contributed by atoms with Crippen LogP contribution in [0.1, 0.15) is 5.56 Å². The van der Waals surface area contributed by atoms with Crippen molar-refractivity contribution in [2.24, 2.45) is 0 Å². The van der Waals surface area contributed by atoms with E-state index in [1.165, 1.54) is 16.3 Å². The first-order valence-electron chi connectivity index (χ1n) is 10.2. The van der Waals surface area contributed by atoms with Gasteiger partial charge < -0.3 is 10.1 Å². The number of halogens is 1. The van der Waals surface area contributed by atoms with Crippen molar-refractivity contribution in [2.45, 2.75) is 6.54 Å². The molecule has 0 radical (unpaired) electrons. The Morgan fingerprint density at radius 2 is 1.73 bits per heavy atom. The van der Waals surface area contributed by atoms with Crippen LogP contribution >= 0.6 is 11.6 Å². The lowest BCUT2D eigenvalue weighted by Gasteiger charge is -2.34. The van der Waals surface area contributed by atoms with Crippen molar-refractivity contribution >= 4 is 34.0 Å². The van der Waals surface area contributed by atoms with Crippen molar-refractivity contribution < 1.29 is 9.53 Å². The van der Waals surface area contributed by atoms with Gasteiger partial charge in [0.25, 0.3) is 0 Å². The van der Waals surface area contributed by atoms with Crippen LogP contribution in [0, 0.1) is 0 Å². The molecule has 30 heavy (non-hydrogen) atoms. The third-order valence-electron chi connectivity index (χ3n) is 5.54. The molecule has 4 rings (SSSR count). The van der Waals surface area contributed by atoms with Crippen LogP contribution in [-0.4, -0.2) is 55.5 Å². The zero-order valence-electron chi connectivity index (χ0n) is 17.1. The van der Waals surface area contributed by atoms with E-state index in [0.717, 1.165) is 32.7 Å². The SMILES string of the molecule is COc1ccc(Cl)cc1NC(=O)CN1CCN(Cc2cccc3ccccc23)CC1. The van der Waals surface area contributed by atoms with E-state index in [4.69, 9.17) is 16.3 Å². The summed E-state index contributed by atoms with van der Waals surface area (Å²) >= 11 is 6.05. The van der Waals surface area contributed by atoms with E-state index >= 15 is 0 Å². The summed E-state index contributed by atoms with van der Waals surface area (Å²) in [6.07, 6.45) is 0. The maximum atomic E-state index is 12.5. The fraction of sp³-hybridized carbons (Fsp3) is 0.292. The monoisotopic (exact) mass is 423 g/mol. The molecule has 0 saturated carbocycles. The molecule has 1 N–H and O–H groups in total. The third-order valence-corrected chi connectivity index (χ3v) is 5.78. The van der Waals surface area contributed by atoms with Crippen molar-refractivity contribution in [2.75, 3.05) is 45.2 Å². The van der Waals surface area contributed by atoms with E-state index in [9.17, 15) is 4.79 Å². The lowest BCUT2D eigenvalue weighted by molar-refractivity contribution is -0.117. The van der Waals surface area contributed by atoms with E-state index in [2.05, 4.69) is 57.6 Å². The standard InChI is InChI=1S/C24H26ClN3O2/c1-30-23-10-9-20(25)15-22(23)26-24(29)17-28-13-11-27(12-14-28)16-19-7-4-6-18-5-2-3-8-21(18)19/h2-10,15H,11-14,16-17H2,1H3,(H,26,29). The number of ether oxygens (including phenoxy) is 1. The van der Waals surface area contributed by atoms with Crippen LogP contribution in [0.15, 0.2) is 60.7 Å². The van der Waals surface area contributed by atoms with E-state index in [0.29, 0.717) is 23.0 Å². The molecule has 0 bridgehead atoms. The topological polar surface area (TPSA) is 44.8 Å². The van der Waals surface area contributed by atoms with E-state index in [1.54, 1.807) is 25.3 Å². The van der Waals surface area contributed by atoms with Crippen LogP contribution in [0.5, 0.6) is 5.75 Å². The molecule has 5 nitrogen and oxygen atoms in total. The molecule has 1 heterocycles. The molecule has 1 saturated heterocycles. The van der Waals surface area contributed by atoms with Gasteiger partial charge in [0.15, 0.2) is 0 Å². The lowest BCUT2D eigenvalue weighted by atomic mass is 10.0. The highest BCUT2D eigenvalue weighted by Gasteiger charge is 2.20. The maximum absolute atomic E-state index is 12.5. The van der Waals surface area contributed by atoms with Crippen LogP contribution in [0.4, 0.5) is 5.69 Å². The number of rotatable bonds is 6. The third kappa shape index (κ3) is 4.93. The van der Waals surface area contributed by atoms with Gasteiger partial charge in [0.2, 0.25) is 5.91 Å². The molecule has 6 heteroatoms. The van der Waals surface area contributed by atoms with Gasteiger partial charge in [0.05, 0.1) is 19.3 Å². The summed E-state index contributed by atoms with van der Waals surface area (Å²) in [7, 11) is 1.58. The van der Waals surface area contributed by atoms with Crippen LogP contribution in [-0.2, 0) is 11.3 Å². The van der Waals surface area contributed by atoms with E-state index in [-0.39, 0.29) is 5.91 Å². The Hall–Kier alpha value is -2.60. The van der Waals surface area contributed by atoms with Gasteiger partial charge in [-0.1, -0.05) is 54.1 Å². The Morgan fingerprint density at radius 1 is 1.00 bits per heavy atom. The molecular weight excluding hydrogens is 398 g/mol. The van der Waals surface area contributed by atoms with Gasteiger partial charge in [-0.25, -0.2) is 0 Å². The first-order valence-corrected chi connectivity index (χ1v) is 10.5. The molecule has 1 aliphatic rings. The molecule has 1 fully saturated rings. The predicted octanol–water partition coefficient (Wildman–Crippen LogP) is 4.26. The molecule has 0 spiro atoms. The quantitative estimate of drug-likeness (QED) is 0.643. The smallest absolute Gasteiger partial charge is 0.238 e. The molecule has 3 aromatic rings. The van der Waals surface area contributed by atoms with E-state index in [1.807, 2.05) is 0 Å². The summed E-state index contributed by atoms with van der Waals surface area (Å²) in [5.41, 5.74) is 1.96. The molecule has 0 unspecified atom stereocenters. The highest BCUT2D eigenvalue weighted by atomic mass is 35.5. The number of carbonyl (C=O) groups excluding carboxylic acids is 1. The first kappa shape index (κ1) is 20.7. The second-order valence-corrected chi connectivity index (χ2v) is 8.02. The highest BCUT2D eigenvalue weighted by Crippen LogP contribution is 2.27. The number of anilines is 1. The number of carbonyl (C=O) groups is 1. The second kappa shape index (κ2) is 9.47. The minimum absolute atomic E-state index is 0.0573. The fourth-order valence-electron chi connectivity index (χ4n) is 3.95. The van der Waals surface area contributed by atoms with Crippen molar-refractivity contribution in [1.82, 2.24) is 9.80 Å². The Kier molecular flexibility index (Phi) is 6.53. The number of methoxy groups -OCH3 is 1. The fourth-order valence-corrected chi connectivity index (χ4v) is 4.12. The van der Waals surface area contributed by atoms with Gasteiger partial charge in [-0.15, -0.1) is 0 Å². The van der Waals surface area contributed by atoms with E-state index < -0.39 is 0 Å². The van der Waals surface area contributed by atoms with Crippen LogP contribution < -0.4 is 10.1 Å². The van der Waals surface area contributed by atoms with Gasteiger partial charge in [-0.05, 0) is 34.5 Å². The summed E-state index contributed by atoms with van der Waals surface area (Å²) < 4.78 is 5.30. The van der Waals surface area contributed by atoms with Gasteiger partial charge >= 0.3 is 0 Å². The summed E-state index contributed by atoms with van der Waals surface area (Å²) in [4.78, 5) is 17.2. The summed E-state index contributed by atoms with van der Waals surface area (Å²) in [6.45, 7) is 4.91. The highest BCUT2D eigenvalue weighted by molar-refractivity contribution is 6.31. The number of nitrogens with one attached hydrogen (secondary N) is 1. The molecule has 0 aliphatic carbocycles. The van der Waals surface area contributed by atoms with Crippen LogP contribution in [0.3, 0.4) is 0 Å². The zero-order valence-corrected chi connectivity index (χ0v) is 17.9. The molecule has 1 amide bonds. The lowest BCUT2D eigenvalue weighted by Crippen LogP contribution is -2.48. The molecule has 156 valence electrons. The summed E-state index contributed by atoms with van der Waals surface area (Å²) in [5.74, 6) is 0.547. The molecule has 0 aromatic heterocycles. The molecule has 0 atom stereocenters. The average Bonchev–Trinajstić information content (AvgIpc) is 2.75. The number of piperazine rings is 1. The largest absolute Gasteiger partial charge is 0.495 e. The molecular formula is C24H26ClN3O2. The molecule has 3 aromatic carbocycles. The van der Waals surface area contributed by atoms with Crippen molar-refractivity contribution in [1.29, 1.82) is 0 Å². The van der Waals surface area contributed by atoms with Crippen LogP contribution in [0.2, 0.25) is 5.02 Å².